The first-order chi connectivity index (χ1) is 12.5. The van der Waals surface area contributed by atoms with E-state index < -0.39 is 42.5 Å². The van der Waals surface area contributed by atoms with Gasteiger partial charge in [0.25, 0.3) is 0 Å². The quantitative estimate of drug-likeness (QED) is 0.379. The average Bonchev–Trinajstić information content (AvgIpc) is 2.92. The molecule has 2 amide bonds. The third-order valence-electron chi connectivity index (χ3n) is 5.51. The molecule has 1 saturated heterocycles. The molecule has 1 aliphatic carbocycles. The molecule has 5 atom stereocenters. The highest BCUT2D eigenvalue weighted by Gasteiger charge is 2.59. The Morgan fingerprint density at radius 3 is 2.37 bits per heavy atom. The molecule has 1 heterocycles. The van der Waals surface area contributed by atoms with Gasteiger partial charge in [-0.3, -0.25) is 0 Å². The van der Waals surface area contributed by atoms with Gasteiger partial charge in [-0.1, -0.05) is 50.3 Å². The van der Waals surface area contributed by atoms with E-state index >= 15 is 0 Å². The average molecular weight is 505 g/mol. The van der Waals surface area contributed by atoms with E-state index in [4.69, 9.17) is 4.74 Å². The number of imide groups is 1. The Hall–Kier alpha value is -0.740. The van der Waals surface area contributed by atoms with Crippen LogP contribution in [0, 0.1) is 23.7 Å². The van der Waals surface area contributed by atoms with Crippen LogP contribution in [0.25, 0.3) is 0 Å². The van der Waals surface area contributed by atoms with E-state index in [9.17, 15) is 22.8 Å². The lowest BCUT2D eigenvalue weighted by atomic mass is 9.75. The SMILES string of the molecule is CC(C)[C@@H]1[C@@H](C(F)(F)F)OC(=O)N1C(=O)O[C@@H]1C[C@H](CI)CC[C@H]1C(C)C. The van der Waals surface area contributed by atoms with Crippen molar-refractivity contribution in [1.82, 2.24) is 4.90 Å². The highest BCUT2D eigenvalue weighted by Crippen LogP contribution is 2.39. The second-order valence-electron chi connectivity index (χ2n) is 8.11. The summed E-state index contributed by atoms with van der Waals surface area (Å²) in [6, 6.07) is -1.42. The van der Waals surface area contributed by atoms with Crippen molar-refractivity contribution in [2.24, 2.45) is 23.7 Å². The Kier molecular flexibility index (Phi) is 7.29. The van der Waals surface area contributed by atoms with Crippen LogP contribution in [0.3, 0.4) is 0 Å². The molecular formula is C18H27F3INO4. The van der Waals surface area contributed by atoms with Crippen LogP contribution in [0.15, 0.2) is 0 Å². The van der Waals surface area contributed by atoms with Crippen molar-refractivity contribution in [3.63, 3.8) is 0 Å². The van der Waals surface area contributed by atoms with Gasteiger partial charge in [-0.15, -0.1) is 0 Å². The van der Waals surface area contributed by atoms with Gasteiger partial charge < -0.3 is 9.47 Å². The normalized spacial score (nSPS) is 32.1. The summed E-state index contributed by atoms with van der Waals surface area (Å²) < 4.78 is 50.8. The van der Waals surface area contributed by atoms with E-state index in [0.29, 0.717) is 17.2 Å². The van der Waals surface area contributed by atoms with Crippen molar-refractivity contribution in [3.05, 3.63) is 0 Å². The topological polar surface area (TPSA) is 55.8 Å². The zero-order chi connectivity index (χ0) is 20.5. The number of nitrogens with zero attached hydrogens (tertiary/aromatic N) is 1. The fraction of sp³-hybridized carbons (Fsp3) is 0.889. The summed E-state index contributed by atoms with van der Waals surface area (Å²) >= 11 is 2.29. The number of hydrogen-bond donors (Lipinski definition) is 0. The van der Waals surface area contributed by atoms with Crippen LogP contribution >= 0.6 is 22.6 Å². The minimum atomic E-state index is -4.74. The fourth-order valence-electron chi connectivity index (χ4n) is 4.06. The molecule has 0 spiro atoms. The van der Waals surface area contributed by atoms with E-state index in [1.54, 1.807) is 0 Å². The van der Waals surface area contributed by atoms with Crippen molar-refractivity contribution in [2.45, 2.75) is 71.4 Å². The van der Waals surface area contributed by atoms with Gasteiger partial charge in [0.05, 0.1) is 6.04 Å². The molecule has 0 aromatic carbocycles. The van der Waals surface area contributed by atoms with Gasteiger partial charge in [-0.05, 0) is 42.9 Å². The Labute approximate surface area is 171 Å². The second-order valence-corrected chi connectivity index (χ2v) is 8.99. The zero-order valence-electron chi connectivity index (χ0n) is 16.0. The first-order valence-corrected chi connectivity index (χ1v) is 10.8. The van der Waals surface area contributed by atoms with Gasteiger partial charge in [-0.2, -0.15) is 13.2 Å². The molecule has 156 valence electrons. The number of amides is 2. The molecule has 9 heteroatoms. The number of ether oxygens (including phenoxy) is 2. The zero-order valence-corrected chi connectivity index (χ0v) is 18.1. The largest absolute Gasteiger partial charge is 0.445 e. The van der Waals surface area contributed by atoms with Crippen LogP contribution in [-0.4, -0.2) is 45.9 Å². The minimum absolute atomic E-state index is 0.127. The molecule has 0 radical (unpaired) electrons. The Morgan fingerprint density at radius 2 is 1.89 bits per heavy atom. The summed E-state index contributed by atoms with van der Waals surface area (Å²) in [6.45, 7) is 7.12. The van der Waals surface area contributed by atoms with Gasteiger partial charge in [-0.25, -0.2) is 14.5 Å². The Balaban J connectivity index is 2.20. The lowest BCUT2D eigenvalue weighted by molar-refractivity contribution is -0.203. The molecule has 5 nitrogen and oxygen atoms in total. The third-order valence-corrected chi connectivity index (χ3v) is 6.76. The molecule has 2 fully saturated rings. The molecule has 0 N–H and O–H groups in total. The Bertz CT molecular complexity index is 555. The lowest BCUT2D eigenvalue weighted by Crippen LogP contribution is -2.50. The predicted octanol–water partition coefficient (Wildman–Crippen LogP) is 5.41. The van der Waals surface area contributed by atoms with Crippen molar-refractivity contribution in [3.8, 4) is 0 Å². The number of halogens is 4. The number of hydrogen-bond acceptors (Lipinski definition) is 4. The smallest absolute Gasteiger partial charge is 0.427 e. The number of rotatable bonds is 4. The molecule has 0 aromatic heterocycles. The molecule has 0 aromatic rings. The summed E-state index contributed by atoms with van der Waals surface area (Å²) in [6.07, 6.45) is -7.20. The maximum Gasteiger partial charge on any atom is 0.427 e. The van der Waals surface area contributed by atoms with Crippen LogP contribution < -0.4 is 0 Å². The third kappa shape index (κ3) is 5.00. The number of carbonyl (C=O) groups is 2. The van der Waals surface area contributed by atoms with Crippen LogP contribution in [-0.2, 0) is 9.47 Å². The molecule has 0 bridgehead atoms. The summed E-state index contributed by atoms with van der Waals surface area (Å²) in [5.41, 5.74) is 0. The van der Waals surface area contributed by atoms with Gasteiger partial charge in [0.1, 0.15) is 6.10 Å². The van der Waals surface area contributed by atoms with Gasteiger partial charge in [0.15, 0.2) is 0 Å². The maximum absolute atomic E-state index is 13.2. The number of carbonyl (C=O) groups excluding carboxylic acids is 2. The molecule has 27 heavy (non-hydrogen) atoms. The van der Waals surface area contributed by atoms with Crippen molar-refractivity contribution in [2.75, 3.05) is 4.43 Å². The molecule has 0 unspecified atom stereocenters. The molecule has 2 aliphatic rings. The first kappa shape index (κ1) is 22.5. The molecule has 2 rings (SSSR count). The van der Waals surface area contributed by atoms with E-state index in [1.807, 2.05) is 13.8 Å². The van der Waals surface area contributed by atoms with E-state index in [0.717, 1.165) is 17.3 Å². The van der Waals surface area contributed by atoms with Crippen molar-refractivity contribution < 1.29 is 32.2 Å². The van der Waals surface area contributed by atoms with E-state index in [1.165, 1.54) is 13.8 Å². The lowest BCUT2D eigenvalue weighted by Gasteiger charge is -2.38. The van der Waals surface area contributed by atoms with Gasteiger partial charge in [0.2, 0.25) is 6.10 Å². The maximum atomic E-state index is 13.2. The molecule has 1 saturated carbocycles. The molecule has 1 aliphatic heterocycles. The van der Waals surface area contributed by atoms with Gasteiger partial charge in [0, 0.05) is 4.43 Å². The monoisotopic (exact) mass is 505 g/mol. The summed E-state index contributed by atoms with van der Waals surface area (Å²) in [5, 5.41) is 0. The second kappa shape index (κ2) is 8.73. The van der Waals surface area contributed by atoms with Crippen LogP contribution in [0.1, 0.15) is 47.0 Å². The fourth-order valence-corrected chi connectivity index (χ4v) is 4.86. The Morgan fingerprint density at radius 1 is 1.26 bits per heavy atom. The van der Waals surface area contributed by atoms with Crippen molar-refractivity contribution >= 4 is 34.8 Å². The van der Waals surface area contributed by atoms with Crippen LogP contribution in [0.2, 0.25) is 0 Å². The van der Waals surface area contributed by atoms with Gasteiger partial charge >= 0.3 is 18.4 Å². The van der Waals surface area contributed by atoms with E-state index in [2.05, 4.69) is 27.3 Å². The van der Waals surface area contributed by atoms with Crippen LogP contribution in [0.4, 0.5) is 22.8 Å². The predicted molar refractivity (Wildman–Crippen MR) is 102 cm³/mol. The first-order valence-electron chi connectivity index (χ1n) is 9.30. The molecular weight excluding hydrogens is 478 g/mol. The minimum Gasteiger partial charge on any atom is -0.445 e. The summed E-state index contributed by atoms with van der Waals surface area (Å²) in [7, 11) is 0. The standard InChI is InChI=1S/C18H27F3INO4/c1-9(2)12-6-5-11(8-22)7-13(12)26-16(24)23-14(10(3)4)15(18(19,20)21)27-17(23)25/h9-15H,5-8H2,1-4H3/t11-,12+,13-,14-,15+/m1/s1. The van der Waals surface area contributed by atoms with Crippen LogP contribution in [0.5, 0.6) is 0 Å². The van der Waals surface area contributed by atoms with Crippen molar-refractivity contribution in [1.29, 1.82) is 0 Å². The summed E-state index contributed by atoms with van der Waals surface area (Å²) in [5.74, 6) is 0.174. The van der Waals surface area contributed by atoms with E-state index in [-0.39, 0.29) is 11.8 Å². The highest BCUT2D eigenvalue weighted by atomic mass is 127. The number of cyclic esters (lactones) is 1. The number of alkyl halides is 4. The highest BCUT2D eigenvalue weighted by molar-refractivity contribution is 14.1. The summed E-state index contributed by atoms with van der Waals surface area (Å²) in [4.78, 5) is 25.3.